The number of alkyl halides is 8. The molecular weight excluding hydrogens is 512 g/mol. The predicted octanol–water partition coefficient (Wildman–Crippen LogP) is 3.93. The molecule has 178 valence electrons. The van der Waals surface area contributed by atoms with Crippen LogP contribution in [0.25, 0.3) is 0 Å². The van der Waals surface area contributed by atoms with Gasteiger partial charge < -0.3 is 0 Å². The maximum atomic E-state index is 14.0. The summed E-state index contributed by atoms with van der Waals surface area (Å²) in [7, 11) is -14.6. The van der Waals surface area contributed by atoms with E-state index in [2.05, 4.69) is 0 Å². The van der Waals surface area contributed by atoms with Gasteiger partial charge in [0.15, 0.2) is 68.2 Å². The topological polar surface area (TPSA) is 68.3 Å². The summed E-state index contributed by atoms with van der Waals surface area (Å²) >= 11 is 0. The summed E-state index contributed by atoms with van der Waals surface area (Å²) in [6.45, 7) is 0. The lowest BCUT2D eigenvalue weighted by molar-refractivity contribution is -0.0425. The molecule has 5 atom stereocenters. The second kappa shape index (κ2) is 7.70. The Hall–Kier alpha value is -1.72. The Morgan fingerprint density at radius 1 is 0.677 bits per heavy atom. The van der Waals surface area contributed by atoms with Gasteiger partial charge in [0.05, 0.1) is 5.57 Å². The number of halogens is 12. The van der Waals surface area contributed by atoms with Crippen LogP contribution >= 0.6 is 0 Å². The number of hydrogen-bond donors (Lipinski definition) is 0. The summed E-state index contributed by atoms with van der Waals surface area (Å²) < 4.78 is 206. The molecule has 0 spiro atoms. The average molecular weight is 518 g/mol. The average Bonchev–Trinajstić information content (AvgIpc) is 2.83. The number of rotatable bonds is 3. The number of hydrogen-bond acceptors (Lipinski definition) is 4. The fraction of sp³-hybridized carbons (Fsp3) is 0.538. The number of allylic oxidation sites excluding steroid dienone is 5. The molecular formula is C13H6F12O4S2. The van der Waals surface area contributed by atoms with Crippen LogP contribution in [-0.4, -0.2) is 58.5 Å². The van der Waals surface area contributed by atoms with E-state index in [1.807, 2.05) is 0 Å². The van der Waals surface area contributed by atoms with Gasteiger partial charge in [-0.25, -0.2) is 56.3 Å². The van der Waals surface area contributed by atoms with Crippen LogP contribution in [0.5, 0.6) is 0 Å². The van der Waals surface area contributed by atoms with Gasteiger partial charge in [-0.3, -0.25) is 0 Å². The first-order chi connectivity index (χ1) is 13.8. The van der Waals surface area contributed by atoms with Gasteiger partial charge in [0.25, 0.3) is 9.84 Å². The Morgan fingerprint density at radius 3 is 1.48 bits per heavy atom. The molecule has 0 N–H and O–H groups in total. The molecule has 2 aliphatic rings. The van der Waals surface area contributed by atoms with Crippen LogP contribution < -0.4 is 0 Å². The highest BCUT2D eigenvalue weighted by Gasteiger charge is 2.64. The van der Waals surface area contributed by atoms with Gasteiger partial charge in [-0.15, -0.1) is 0 Å². The van der Waals surface area contributed by atoms with Gasteiger partial charge >= 0.3 is 5.51 Å². The highest BCUT2D eigenvalue weighted by Crippen LogP contribution is 2.48. The largest absolute Gasteiger partial charge is 0.502 e. The van der Waals surface area contributed by atoms with E-state index in [1.165, 1.54) is 0 Å². The van der Waals surface area contributed by atoms with Crippen molar-refractivity contribution in [1.29, 1.82) is 0 Å². The quantitative estimate of drug-likeness (QED) is 0.532. The summed E-state index contributed by atoms with van der Waals surface area (Å²) in [5.74, 6) is -12.6. The van der Waals surface area contributed by atoms with E-state index >= 15 is 0 Å². The second-order valence-corrected chi connectivity index (χ2v) is 10.3. The highest BCUT2D eigenvalue weighted by molar-refractivity contribution is 8.15. The van der Waals surface area contributed by atoms with Crippen LogP contribution in [0.4, 0.5) is 52.7 Å². The Labute approximate surface area is 164 Å². The Morgan fingerprint density at radius 2 is 1.10 bits per heavy atom. The molecule has 0 bridgehead atoms. The zero-order chi connectivity index (χ0) is 24.4. The summed E-state index contributed by atoms with van der Waals surface area (Å²) in [4.78, 5) is 0. The van der Waals surface area contributed by atoms with Crippen LogP contribution in [-0.2, 0) is 19.7 Å². The zero-order valence-electron chi connectivity index (χ0n) is 13.9. The smallest absolute Gasteiger partial charge is 0.243 e. The molecule has 1 saturated carbocycles. The molecule has 0 heterocycles. The van der Waals surface area contributed by atoms with E-state index in [0.717, 1.165) is 0 Å². The molecule has 0 amide bonds. The van der Waals surface area contributed by atoms with Gasteiger partial charge in [0.2, 0.25) is 0 Å². The van der Waals surface area contributed by atoms with Crippen LogP contribution in [0, 0.1) is 0 Å². The molecule has 4 nitrogen and oxygen atoms in total. The van der Waals surface area contributed by atoms with Crippen molar-refractivity contribution in [2.24, 2.45) is 0 Å². The minimum Gasteiger partial charge on any atom is -0.243 e. The first-order valence-electron chi connectivity index (χ1n) is 7.42. The minimum atomic E-state index is -7.62. The van der Waals surface area contributed by atoms with Gasteiger partial charge in [-0.05, 0) is 0 Å². The van der Waals surface area contributed by atoms with Crippen molar-refractivity contribution in [1.82, 2.24) is 0 Å². The molecule has 0 radical (unpaired) electrons. The van der Waals surface area contributed by atoms with Crippen molar-refractivity contribution < 1.29 is 69.5 Å². The lowest BCUT2D eigenvalue weighted by atomic mass is 10.0. The standard InChI is InChI=1S/C13H6F12O4S2/c14-2-1(3(15)5(17)6(18)4(2)16)12(31(28,29)13(23,24)25)30(26,27)11-9(21)7(19)8(20)10(11)22/h2,7-11H/b12-1-. The summed E-state index contributed by atoms with van der Waals surface area (Å²) in [6, 6.07) is 0. The third-order valence-corrected chi connectivity index (χ3v) is 8.88. The molecule has 5 unspecified atom stereocenters. The van der Waals surface area contributed by atoms with Gasteiger partial charge in [0.1, 0.15) is 5.25 Å². The molecule has 0 aromatic rings. The highest BCUT2D eigenvalue weighted by atomic mass is 32.3. The summed E-state index contributed by atoms with van der Waals surface area (Å²) in [5.41, 5.74) is -9.97. The van der Waals surface area contributed by atoms with Crippen molar-refractivity contribution in [3.05, 3.63) is 33.1 Å². The van der Waals surface area contributed by atoms with Crippen LogP contribution in [0.2, 0.25) is 0 Å². The SMILES string of the molecule is O=S(=O)(/C(=C1/C(F)=C(F)C(F)=C(F)C1F)S(=O)(=O)C(F)(F)F)C1C(F)C(F)C(F)C1F. The van der Waals surface area contributed by atoms with Crippen molar-refractivity contribution in [3.63, 3.8) is 0 Å². The first kappa shape index (κ1) is 25.5. The fourth-order valence-electron chi connectivity index (χ4n) is 2.77. The lowest BCUT2D eigenvalue weighted by Crippen LogP contribution is -2.42. The third kappa shape index (κ3) is 3.64. The zero-order valence-corrected chi connectivity index (χ0v) is 15.6. The van der Waals surface area contributed by atoms with E-state index in [9.17, 15) is 69.5 Å². The molecule has 18 heteroatoms. The second-order valence-electron chi connectivity index (χ2n) is 6.09. The van der Waals surface area contributed by atoms with Crippen molar-refractivity contribution in [3.8, 4) is 0 Å². The molecule has 0 aliphatic heterocycles. The van der Waals surface area contributed by atoms with Crippen LogP contribution in [0.3, 0.4) is 0 Å². The predicted molar refractivity (Wildman–Crippen MR) is 77.7 cm³/mol. The van der Waals surface area contributed by atoms with Crippen molar-refractivity contribution >= 4 is 19.7 Å². The molecule has 1 fully saturated rings. The summed E-state index contributed by atoms with van der Waals surface area (Å²) in [5, 5.41) is -3.96. The van der Waals surface area contributed by atoms with E-state index < -0.39 is 94.4 Å². The number of sulfone groups is 2. The summed E-state index contributed by atoms with van der Waals surface area (Å²) in [6.07, 6.45) is -19.5. The van der Waals surface area contributed by atoms with Crippen molar-refractivity contribution in [2.45, 2.75) is 41.6 Å². The first-order valence-corrected chi connectivity index (χ1v) is 10.5. The Balaban J connectivity index is 3.03. The fourth-order valence-corrected chi connectivity index (χ4v) is 7.04. The Kier molecular flexibility index (Phi) is 6.34. The van der Waals surface area contributed by atoms with Crippen LogP contribution in [0.1, 0.15) is 0 Å². The van der Waals surface area contributed by atoms with Crippen molar-refractivity contribution in [2.75, 3.05) is 0 Å². The normalized spacial score (nSPS) is 35.1. The minimum absolute atomic E-state index is 3.02. The van der Waals surface area contributed by atoms with Crippen LogP contribution in [0.15, 0.2) is 33.1 Å². The van der Waals surface area contributed by atoms with Gasteiger partial charge in [-0.2, -0.15) is 13.2 Å². The van der Waals surface area contributed by atoms with Gasteiger partial charge in [0, 0.05) is 0 Å². The molecule has 0 saturated heterocycles. The monoisotopic (exact) mass is 518 g/mol. The maximum Gasteiger partial charge on any atom is 0.502 e. The molecule has 0 aromatic carbocycles. The molecule has 0 aromatic heterocycles. The van der Waals surface area contributed by atoms with E-state index in [1.54, 1.807) is 0 Å². The molecule has 2 aliphatic carbocycles. The third-order valence-electron chi connectivity index (χ3n) is 4.23. The lowest BCUT2D eigenvalue weighted by Gasteiger charge is -2.24. The molecule has 31 heavy (non-hydrogen) atoms. The van der Waals surface area contributed by atoms with Gasteiger partial charge in [-0.1, -0.05) is 0 Å². The maximum absolute atomic E-state index is 14.0. The van der Waals surface area contributed by atoms with E-state index in [0.29, 0.717) is 0 Å². The molecule has 2 rings (SSSR count). The van der Waals surface area contributed by atoms with E-state index in [-0.39, 0.29) is 0 Å². The Bertz CT molecular complexity index is 1070. The van der Waals surface area contributed by atoms with E-state index in [4.69, 9.17) is 0 Å².